The Morgan fingerprint density at radius 3 is 2.70 bits per heavy atom. The Morgan fingerprint density at radius 1 is 1.25 bits per heavy atom. The van der Waals surface area contributed by atoms with Crippen molar-refractivity contribution in [3.8, 4) is 5.88 Å². The van der Waals surface area contributed by atoms with E-state index < -0.39 is 0 Å². The molecule has 0 aliphatic rings. The van der Waals surface area contributed by atoms with Crippen molar-refractivity contribution in [1.82, 2.24) is 4.98 Å². The van der Waals surface area contributed by atoms with Crippen molar-refractivity contribution in [3.63, 3.8) is 0 Å². The van der Waals surface area contributed by atoms with Gasteiger partial charge in [0.05, 0.1) is 28.0 Å². The molecule has 0 saturated carbocycles. The Balaban J connectivity index is 2.31. The van der Waals surface area contributed by atoms with Gasteiger partial charge < -0.3 is 15.8 Å². The number of nitrogens with zero attached hydrogens (tertiary/aromatic N) is 1. The van der Waals surface area contributed by atoms with Gasteiger partial charge in [-0.05, 0) is 47.1 Å². The molecular formula is C13H12BrCl2N3O. The molecule has 0 radical (unpaired) electrons. The lowest BCUT2D eigenvalue weighted by Gasteiger charge is -2.12. The third kappa shape index (κ3) is 3.29. The van der Waals surface area contributed by atoms with E-state index in [9.17, 15) is 0 Å². The number of hydrogen-bond donors (Lipinski definition) is 2. The summed E-state index contributed by atoms with van der Waals surface area (Å²) in [5.41, 5.74) is 6.91. The van der Waals surface area contributed by atoms with Gasteiger partial charge in [0, 0.05) is 4.47 Å². The molecule has 0 amide bonds. The number of rotatable bonds is 4. The van der Waals surface area contributed by atoms with E-state index in [4.69, 9.17) is 33.7 Å². The van der Waals surface area contributed by atoms with Gasteiger partial charge in [0.25, 0.3) is 0 Å². The minimum atomic E-state index is 0.386. The first kappa shape index (κ1) is 15.2. The summed E-state index contributed by atoms with van der Waals surface area (Å²) in [7, 11) is 0. The molecule has 4 nitrogen and oxygen atoms in total. The zero-order chi connectivity index (χ0) is 14.7. The number of nitrogen functional groups attached to an aromatic ring is 1. The number of pyridine rings is 1. The van der Waals surface area contributed by atoms with Crippen LogP contribution in [0.5, 0.6) is 5.88 Å². The van der Waals surface area contributed by atoms with Gasteiger partial charge in [-0.25, -0.2) is 0 Å². The van der Waals surface area contributed by atoms with Crippen LogP contribution in [0.1, 0.15) is 6.92 Å². The highest BCUT2D eigenvalue weighted by atomic mass is 79.9. The lowest BCUT2D eigenvalue weighted by Crippen LogP contribution is -2.02. The van der Waals surface area contributed by atoms with Crippen molar-refractivity contribution in [3.05, 3.63) is 38.8 Å². The van der Waals surface area contributed by atoms with Gasteiger partial charge in [0.1, 0.15) is 5.82 Å². The molecule has 0 unspecified atom stereocenters. The second kappa shape index (κ2) is 6.52. The van der Waals surface area contributed by atoms with E-state index in [-0.39, 0.29) is 0 Å². The molecule has 0 aliphatic heterocycles. The molecule has 0 saturated heterocycles. The minimum Gasteiger partial charge on any atom is -0.476 e. The second-order valence-electron chi connectivity index (χ2n) is 3.87. The van der Waals surface area contributed by atoms with Gasteiger partial charge in [-0.15, -0.1) is 0 Å². The zero-order valence-corrected chi connectivity index (χ0v) is 13.7. The largest absolute Gasteiger partial charge is 0.476 e. The quantitative estimate of drug-likeness (QED) is 0.747. The molecule has 20 heavy (non-hydrogen) atoms. The van der Waals surface area contributed by atoms with Crippen molar-refractivity contribution >= 4 is 56.3 Å². The molecule has 0 atom stereocenters. The first-order valence-corrected chi connectivity index (χ1v) is 7.37. The SMILES string of the molecule is CCOc1nc(Nc2ccc(Br)c(Cl)c2Cl)ccc1N. The van der Waals surface area contributed by atoms with Gasteiger partial charge in [-0.2, -0.15) is 4.98 Å². The first-order chi connectivity index (χ1) is 9.52. The average Bonchev–Trinajstić information content (AvgIpc) is 2.43. The van der Waals surface area contributed by atoms with Gasteiger partial charge in [-0.1, -0.05) is 23.2 Å². The molecule has 0 spiro atoms. The van der Waals surface area contributed by atoms with Crippen LogP contribution in [-0.4, -0.2) is 11.6 Å². The Bertz CT molecular complexity index is 637. The fourth-order valence-corrected chi connectivity index (χ4v) is 2.35. The summed E-state index contributed by atoms with van der Waals surface area (Å²) in [6.07, 6.45) is 0. The molecule has 0 fully saturated rings. The van der Waals surface area contributed by atoms with Gasteiger partial charge in [0.2, 0.25) is 5.88 Å². The molecular weight excluding hydrogens is 365 g/mol. The number of nitrogens with two attached hydrogens (primary N) is 1. The molecule has 3 N–H and O–H groups in total. The number of halogens is 3. The maximum absolute atomic E-state index is 6.17. The summed E-state index contributed by atoms with van der Waals surface area (Å²) in [5.74, 6) is 0.958. The second-order valence-corrected chi connectivity index (χ2v) is 5.48. The van der Waals surface area contributed by atoms with Crippen LogP contribution in [0.15, 0.2) is 28.7 Å². The summed E-state index contributed by atoms with van der Waals surface area (Å²) in [4.78, 5) is 4.28. The molecule has 0 aliphatic carbocycles. The standard InChI is InChI=1S/C13H12BrCl2N3O/c1-2-20-13-8(17)4-6-10(19-13)18-9-5-3-7(14)11(15)12(9)16/h3-6H,2,17H2,1H3,(H,18,19). The van der Waals surface area contributed by atoms with Crippen LogP contribution in [0.25, 0.3) is 0 Å². The predicted molar refractivity (Wildman–Crippen MR) is 87.3 cm³/mol. The molecule has 7 heteroatoms. The van der Waals surface area contributed by atoms with Crippen molar-refractivity contribution in [2.24, 2.45) is 0 Å². The van der Waals surface area contributed by atoms with Crippen LogP contribution in [0.2, 0.25) is 10.0 Å². The maximum atomic E-state index is 6.17. The predicted octanol–water partition coefficient (Wildman–Crippen LogP) is 4.88. The molecule has 2 aromatic rings. The van der Waals surface area contributed by atoms with Crippen molar-refractivity contribution < 1.29 is 4.74 Å². The fourth-order valence-electron chi connectivity index (χ4n) is 1.53. The Morgan fingerprint density at radius 2 is 2.00 bits per heavy atom. The topological polar surface area (TPSA) is 60.2 Å². The number of nitrogens with one attached hydrogen (secondary N) is 1. The molecule has 1 heterocycles. The highest BCUT2D eigenvalue weighted by Gasteiger charge is 2.10. The van der Waals surface area contributed by atoms with Crippen LogP contribution in [0.4, 0.5) is 17.2 Å². The van der Waals surface area contributed by atoms with Gasteiger partial charge in [0.15, 0.2) is 0 Å². The lowest BCUT2D eigenvalue weighted by atomic mass is 10.3. The summed E-state index contributed by atoms with van der Waals surface area (Å²) in [6.45, 7) is 2.36. The van der Waals surface area contributed by atoms with Crippen molar-refractivity contribution in [1.29, 1.82) is 0 Å². The van der Waals surface area contributed by atoms with Crippen LogP contribution in [0, 0.1) is 0 Å². The van der Waals surface area contributed by atoms with E-state index in [1.807, 2.05) is 6.92 Å². The monoisotopic (exact) mass is 375 g/mol. The first-order valence-electron chi connectivity index (χ1n) is 5.82. The third-order valence-electron chi connectivity index (χ3n) is 2.47. The average molecular weight is 377 g/mol. The number of hydrogen-bond acceptors (Lipinski definition) is 4. The summed E-state index contributed by atoms with van der Waals surface area (Å²) >= 11 is 15.6. The van der Waals surface area contributed by atoms with Crippen LogP contribution in [-0.2, 0) is 0 Å². The summed E-state index contributed by atoms with van der Waals surface area (Å²) in [5, 5.41) is 3.94. The normalized spacial score (nSPS) is 10.4. The molecule has 2 rings (SSSR count). The molecule has 1 aromatic heterocycles. The number of ether oxygens (including phenoxy) is 1. The third-order valence-corrected chi connectivity index (χ3v) is 4.24. The Hall–Kier alpha value is -1.17. The van der Waals surface area contributed by atoms with E-state index in [1.54, 1.807) is 24.3 Å². The van der Waals surface area contributed by atoms with E-state index >= 15 is 0 Å². The lowest BCUT2D eigenvalue weighted by molar-refractivity contribution is 0.329. The van der Waals surface area contributed by atoms with Crippen LogP contribution < -0.4 is 15.8 Å². The van der Waals surface area contributed by atoms with Crippen molar-refractivity contribution in [2.75, 3.05) is 17.7 Å². The van der Waals surface area contributed by atoms with Crippen LogP contribution in [0.3, 0.4) is 0 Å². The highest BCUT2D eigenvalue weighted by molar-refractivity contribution is 9.10. The van der Waals surface area contributed by atoms with E-state index in [0.29, 0.717) is 39.7 Å². The van der Waals surface area contributed by atoms with E-state index in [2.05, 4.69) is 26.2 Å². The smallest absolute Gasteiger partial charge is 0.239 e. The van der Waals surface area contributed by atoms with E-state index in [1.165, 1.54) is 0 Å². The van der Waals surface area contributed by atoms with Crippen LogP contribution >= 0.6 is 39.1 Å². The zero-order valence-electron chi connectivity index (χ0n) is 10.6. The van der Waals surface area contributed by atoms with Crippen molar-refractivity contribution in [2.45, 2.75) is 6.92 Å². The minimum absolute atomic E-state index is 0.386. The fraction of sp³-hybridized carbons (Fsp3) is 0.154. The number of benzene rings is 1. The Labute approximate surface area is 135 Å². The number of anilines is 3. The van der Waals surface area contributed by atoms with E-state index in [0.717, 1.165) is 4.47 Å². The number of aromatic nitrogens is 1. The summed E-state index contributed by atoms with van der Waals surface area (Å²) in [6, 6.07) is 7.06. The molecule has 106 valence electrons. The highest BCUT2D eigenvalue weighted by Crippen LogP contribution is 2.37. The molecule has 1 aromatic carbocycles. The summed E-state index contributed by atoms with van der Waals surface area (Å²) < 4.78 is 6.08. The Kier molecular flexibility index (Phi) is 4.96. The van der Waals surface area contributed by atoms with Gasteiger partial charge in [-0.3, -0.25) is 0 Å². The maximum Gasteiger partial charge on any atom is 0.239 e. The molecule has 0 bridgehead atoms. The van der Waals surface area contributed by atoms with Gasteiger partial charge >= 0.3 is 0 Å².